The topological polar surface area (TPSA) is 71.5 Å². The summed E-state index contributed by atoms with van der Waals surface area (Å²) in [5.41, 5.74) is 3.67. The molecule has 2 N–H and O–H groups in total. The molecule has 0 aliphatic heterocycles. The Morgan fingerprint density at radius 3 is 2.69 bits per heavy atom. The SMILES string of the molecule is CCC(C)Oc1ccc(-c2csc(Nc3ccc(CCC(=O)O)cc3)n2)cc1Cl. The molecule has 0 aliphatic rings. The number of halogens is 1. The van der Waals surface area contributed by atoms with Crippen LogP contribution in [0.15, 0.2) is 47.8 Å². The van der Waals surface area contributed by atoms with Crippen LogP contribution in [0.2, 0.25) is 5.02 Å². The monoisotopic (exact) mass is 430 g/mol. The second kappa shape index (κ2) is 9.76. The Morgan fingerprint density at radius 1 is 1.28 bits per heavy atom. The van der Waals surface area contributed by atoms with Gasteiger partial charge in [0.05, 0.1) is 16.8 Å². The number of carbonyl (C=O) groups is 1. The highest BCUT2D eigenvalue weighted by Crippen LogP contribution is 2.33. The number of hydrogen-bond acceptors (Lipinski definition) is 5. The number of carboxylic acids is 1. The summed E-state index contributed by atoms with van der Waals surface area (Å²) in [7, 11) is 0. The van der Waals surface area contributed by atoms with Crippen molar-refractivity contribution in [1.82, 2.24) is 4.98 Å². The van der Waals surface area contributed by atoms with Crippen LogP contribution in [0, 0.1) is 0 Å². The van der Waals surface area contributed by atoms with E-state index in [0.717, 1.165) is 34.1 Å². The Kier molecular flexibility index (Phi) is 7.12. The second-order valence-electron chi connectivity index (χ2n) is 6.74. The number of ether oxygens (including phenoxy) is 1. The molecule has 1 unspecified atom stereocenters. The number of anilines is 2. The van der Waals surface area contributed by atoms with E-state index in [4.69, 9.17) is 21.4 Å². The zero-order valence-electron chi connectivity index (χ0n) is 16.3. The van der Waals surface area contributed by atoms with Crippen LogP contribution in [-0.4, -0.2) is 22.2 Å². The van der Waals surface area contributed by atoms with Crippen molar-refractivity contribution in [3.8, 4) is 17.0 Å². The maximum absolute atomic E-state index is 10.7. The van der Waals surface area contributed by atoms with Crippen LogP contribution in [-0.2, 0) is 11.2 Å². The highest BCUT2D eigenvalue weighted by molar-refractivity contribution is 7.14. The number of carboxylic acid groups (broad SMARTS) is 1. The van der Waals surface area contributed by atoms with Crippen LogP contribution in [0.25, 0.3) is 11.3 Å². The molecule has 7 heteroatoms. The summed E-state index contributed by atoms with van der Waals surface area (Å²) in [4.78, 5) is 15.3. The summed E-state index contributed by atoms with van der Waals surface area (Å²) >= 11 is 7.88. The van der Waals surface area contributed by atoms with E-state index in [-0.39, 0.29) is 12.5 Å². The largest absolute Gasteiger partial charge is 0.489 e. The van der Waals surface area contributed by atoms with E-state index in [9.17, 15) is 4.79 Å². The van der Waals surface area contributed by atoms with Gasteiger partial charge in [0.15, 0.2) is 5.13 Å². The number of rotatable bonds is 9. The van der Waals surface area contributed by atoms with E-state index in [0.29, 0.717) is 17.2 Å². The van der Waals surface area contributed by atoms with Crippen LogP contribution < -0.4 is 10.1 Å². The molecule has 5 nitrogen and oxygen atoms in total. The molecule has 3 rings (SSSR count). The van der Waals surface area contributed by atoms with Gasteiger partial charge in [-0.15, -0.1) is 11.3 Å². The van der Waals surface area contributed by atoms with Crippen LogP contribution in [0.3, 0.4) is 0 Å². The highest BCUT2D eigenvalue weighted by atomic mass is 35.5. The average Bonchev–Trinajstić information content (AvgIpc) is 3.17. The molecule has 0 saturated carbocycles. The molecule has 0 radical (unpaired) electrons. The van der Waals surface area contributed by atoms with E-state index < -0.39 is 5.97 Å². The summed E-state index contributed by atoms with van der Waals surface area (Å²) < 4.78 is 5.81. The normalized spacial score (nSPS) is 11.8. The maximum Gasteiger partial charge on any atom is 0.303 e. The van der Waals surface area contributed by atoms with E-state index >= 15 is 0 Å². The fourth-order valence-electron chi connectivity index (χ4n) is 2.65. The predicted octanol–water partition coefficient (Wildman–Crippen LogP) is 6.40. The smallest absolute Gasteiger partial charge is 0.303 e. The Bertz CT molecular complexity index is 972. The summed E-state index contributed by atoms with van der Waals surface area (Å²) in [6.45, 7) is 4.08. The van der Waals surface area contributed by atoms with Gasteiger partial charge in [0.2, 0.25) is 0 Å². The van der Waals surface area contributed by atoms with Crippen LogP contribution in [0.4, 0.5) is 10.8 Å². The minimum atomic E-state index is -0.790. The standard InChI is InChI=1S/C22H23ClN2O3S/c1-3-14(2)28-20-10-7-16(12-18(20)23)19-13-29-22(25-19)24-17-8-4-15(5-9-17)6-11-21(26)27/h4-5,7-10,12-14H,3,6,11H2,1-2H3,(H,24,25)(H,26,27). The molecule has 1 heterocycles. The lowest BCUT2D eigenvalue weighted by Crippen LogP contribution is -2.09. The van der Waals surface area contributed by atoms with Crippen LogP contribution in [0.5, 0.6) is 5.75 Å². The fourth-order valence-corrected chi connectivity index (χ4v) is 3.61. The van der Waals surface area contributed by atoms with Crippen LogP contribution >= 0.6 is 22.9 Å². The third-order valence-corrected chi connectivity index (χ3v) is 5.52. The van der Waals surface area contributed by atoms with Crippen molar-refractivity contribution >= 4 is 39.7 Å². The maximum atomic E-state index is 10.7. The summed E-state index contributed by atoms with van der Waals surface area (Å²) in [5.74, 6) is -0.108. The van der Waals surface area contributed by atoms with Crippen molar-refractivity contribution < 1.29 is 14.6 Å². The molecule has 0 bridgehead atoms. The highest BCUT2D eigenvalue weighted by Gasteiger charge is 2.10. The van der Waals surface area contributed by atoms with Crippen molar-refractivity contribution in [3.05, 3.63) is 58.4 Å². The van der Waals surface area contributed by atoms with Crippen LogP contribution in [0.1, 0.15) is 32.3 Å². The molecule has 29 heavy (non-hydrogen) atoms. The van der Waals surface area contributed by atoms with Crippen molar-refractivity contribution in [1.29, 1.82) is 0 Å². The van der Waals surface area contributed by atoms with Gasteiger partial charge in [0.1, 0.15) is 5.75 Å². The Balaban J connectivity index is 1.66. The van der Waals surface area contributed by atoms with Gasteiger partial charge >= 0.3 is 5.97 Å². The molecule has 0 fully saturated rings. The Morgan fingerprint density at radius 2 is 2.03 bits per heavy atom. The molecule has 0 spiro atoms. The summed E-state index contributed by atoms with van der Waals surface area (Å²) in [6.07, 6.45) is 1.68. The second-order valence-corrected chi connectivity index (χ2v) is 8.00. The third kappa shape index (κ3) is 5.95. The van der Waals surface area contributed by atoms with Crippen molar-refractivity contribution in [2.75, 3.05) is 5.32 Å². The van der Waals surface area contributed by atoms with E-state index in [1.165, 1.54) is 11.3 Å². The lowest BCUT2D eigenvalue weighted by Gasteiger charge is -2.14. The number of hydrogen-bond donors (Lipinski definition) is 2. The lowest BCUT2D eigenvalue weighted by molar-refractivity contribution is -0.136. The Hall–Kier alpha value is -2.57. The minimum Gasteiger partial charge on any atom is -0.489 e. The average molecular weight is 431 g/mol. The summed E-state index contributed by atoms with van der Waals surface area (Å²) in [6, 6.07) is 13.4. The van der Waals surface area contributed by atoms with Crippen molar-refractivity contribution in [3.63, 3.8) is 0 Å². The molecule has 2 aromatic carbocycles. The van der Waals surface area contributed by atoms with Crippen molar-refractivity contribution in [2.24, 2.45) is 0 Å². The Labute approximate surface area is 179 Å². The van der Waals surface area contributed by atoms with Gasteiger partial charge in [-0.1, -0.05) is 30.7 Å². The third-order valence-electron chi connectivity index (χ3n) is 4.47. The van der Waals surface area contributed by atoms with E-state index in [1.54, 1.807) is 0 Å². The lowest BCUT2D eigenvalue weighted by atomic mass is 10.1. The minimum absolute atomic E-state index is 0.115. The number of aromatic nitrogens is 1. The number of nitrogens with one attached hydrogen (secondary N) is 1. The number of benzene rings is 2. The van der Waals surface area contributed by atoms with Gasteiger partial charge in [-0.05, 0) is 55.7 Å². The molecule has 152 valence electrons. The van der Waals surface area contributed by atoms with Gasteiger partial charge in [-0.25, -0.2) is 4.98 Å². The molecule has 3 aromatic rings. The van der Waals surface area contributed by atoms with Gasteiger partial charge in [-0.3, -0.25) is 4.79 Å². The van der Waals surface area contributed by atoms with Gasteiger partial charge in [0.25, 0.3) is 0 Å². The summed E-state index contributed by atoms with van der Waals surface area (Å²) in [5, 5.41) is 15.4. The first-order chi connectivity index (χ1) is 13.9. The number of aryl methyl sites for hydroxylation is 1. The zero-order valence-corrected chi connectivity index (χ0v) is 17.9. The van der Waals surface area contributed by atoms with E-state index in [2.05, 4.69) is 17.2 Å². The molecule has 1 aromatic heterocycles. The molecule has 0 amide bonds. The molecule has 0 aliphatic carbocycles. The number of aliphatic carboxylic acids is 1. The van der Waals surface area contributed by atoms with Gasteiger partial charge in [0, 0.05) is 23.1 Å². The first kappa shape index (κ1) is 21.1. The first-order valence-electron chi connectivity index (χ1n) is 9.44. The molecular formula is C22H23ClN2O3S. The number of nitrogens with zero attached hydrogens (tertiary/aromatic N) is 1. The molecule has 0 saturated heterocycles. The quantitative estimate of drug-likeness (QED) is 0.410. The van der Waals surface area contributed by atoms with Crippen molar-refractivity contribution in [2.45, 2.75) is 39.2 Å². The zero-order chi connectivity index (χ0) is 20.8. The fraction of sp³-hybridized carbons (Fsp3) is 0.273. The first-order valence-corrected chi connectivity index (χ1v) is 10.7. The molecule has 1 atom stereocenters. The van der Waals surface area contributed by atoms with Gasteiger partial charge in [-0.2, -0.15) is 0 Å². The van der Waals surface area contributed by atoms with E-state index in [1.807, 2.05) is 54.8 Å². The molecular weight excluding hydrogens is 408 g/mol. The predicted molar refractivity (Wildman–Crippen MR) is 119 cm³/mol. The van der Waals surface area contributed by atoms with Gasteiger partial charge < -0.3 is 15.2 Å². The number of thiazole rings is 1.